The Morgan fingerprint density at radius 2 is 1.90 bits per heavy atom. The van der Waals surface area contributed by atoms with Gasteiger partial charge in [0.2, 0.25) is 10.0 Å². The number of carbonyl (C=O) groups is 1. The van der Waals surface area contributed by atoms with E-state index in [1.807, 2.05) is 0 Å². The highest BCUT2D eigenvalue weighted by Crippen LogP contribution is 2.11. The first-order chi connectivity index (χ1) is 9.49. The molecule has 104 valence electrons. The Morgan fingerprint density at radius 1 is 1.20 bits per heavy atom. The van der Waals surface area contributed by atoms with E-state index in [0.29, 0.717) is 5.69 Å². The summed E-state index contributed by atoms with van der Waals surface area (Å²) in [7, 11) is -3.71. The lowest BCUT2D eigenvalue weighted by Crippen LogP contribution is -2.23. The number of rotatable bonds is 5. The van der Waals surface area contributed by atoms with E-state index in [2.05, 4.69) is 14.9 Å². The van der Waals surface area contributed by atoms with Gasteiger partial charge in [0.1, 0.15) is 0 Å². The number of carboxylic acids is 1. The molecular weight excluding hydrogens is 282 g/mol. The second kappa shape index (κ2) is 5.76. The number of nitrogens with one attached hydrogen (secondary N) is 1. The molecule has 0 saturated carbocycles. The van der Waals surface area contributed by atoms with E-state index in [1.54, 1.807) is 12.1 Å². The van der Waals surface area contributed by atoms with Crippen molar-refractivity contribution in [2.24, 2.45) is 0 Å². The van der Waals surface area contributed by atoms with Gasteiger partial charge in [-0.15, -0.1) is 0 Å². The molecule has 7 nitrogen and oxygen atoms in total. The Bertz CT molecular complexity index is 699. The summed E-state index contributed by atoms with van der Waals surface area (Å²) in [5.41, 5.74) is 0.510. The molecule has 1 aromatic heterocycles. The Labute approximate surface area is 115 Å². The molecule has 0 bridgehead atoms. The molecule has 0 amide bonds. The van der Waals surface area contributed by atoms with Crippen molar-refractivity contribution in [3.05, 3.63) is 53.9 Å². The van der Waals surface area contributed by atoms with Gasteiger partial charge in [0.15, 0.2) is 0 Å². The second-order valence-electron chi connectivity index (χ2n) is 3.87. The summed E-state index contributed by atoms with van der Waals surface area (Å²) in [5, 5.41) is 16.1. The molecule has 8 heteroatoms. The number of hydrogen-bond donors (Lipinski definition) is 2. The molecular formula is C12H11N3O4S. The molecule has 0 aliphatic carbocycles. The maximum atomic E-state index is 12.0. The lowest BCUT2D eigenvalue weighted by molar-refractivity contribution is 0.0696. The van der Waals surface area contributed by atoms with Crippen LogP contribution in [0.2, 0.25) is 0 Å². The van der Waals surface area contributed by atoms with E-state index in [1.165, 1.54) is 30.5 Å². The van der Waals surface area contributed by atoms with Gasteiger partial charge in [-0.2, -0.15) is 10.2 Å². The van der Waals surface area contributed by atoms with Crippen LogP contribution >= 0.6 is 0 Å². The number of sulfonamides is 1. The molecule has 2 aromatic rings. The normalized spacial score (nSPS) is 11.2. The summed E-state index contributed by atoms with van der Waals surface area (Å²) in [6.07, 6.45) is 1.49. The average Bonchev–Trinajstić information content (AvgIpc) is 2.46. The molecule has 2 N–H and O–H groups in total. The van der Waals surface area contributed by atoms with Crippen LogP contribution < -0.4 is 4.72 Å². The van der Waals surface area contributed by atoms with Crippen LogP contribution in [0.4, 0.5) is 0 Å². The number of aromatic carboxylic acids is 1. The summed E-state index contributed by atoms with van der Waals surface area (Å²) < 4.78 is 26.3. The first kappa shape index (κ1) is 14.1. The number of hydrogen-bond acceptors (Lipinski definition) is 5. The van der Waals surface area contributed by atoms with Crippen LogP contribution in [0.25, 0.3) is 0 Å². The van der Waals surface area contributed by atoms with Gasteiger partial charge < -0.3 is 5.11 Å². The summed E-state index contributed by atoms with van der Waals surface area (Å²) >= 11 is 0. The van der Waals surface area contributed by atoms with Crippen molar-refractivity contribution >= 4 is 16.0 Å². The third kappa shape index (κ3) is 3.37. The van der Waals surface area contributed by atoms with Crippen LogP contribution in [0.3, 0.4) is 0 Å². The van der Waals surface area contributed by atoms with Gasteiger partial charge in [0.25, 0.3) is 0 Å². The van der Waals surface area contributed by atoms with Crippen molar-refractivity contribution in [3.63, 3.8) is 0 Å². The molecule has 0 spiro atoms. The smallest absolute Gasteiger partial charge is 0.335 e. The quantitative estimate of drug-likeness (QED) is 0.837. The minimum atomic E-state index is -3.71. The molecule has 0 radical (unpaired) electrons. The molecule has 0 aliphatic rings. The minimum Gasteiger partial charge on any atom is -0.478 e. The van der Waals surface area contributed by atoms with Gasteiger partial charge in [-0.3, -0.25) is 0 Å². The SMILES string of the molecule is O=C(O)c1ccc(S(=O)(=O)NCc2cccnn2)cc1. The number of benzene rings is 1. The van der Waals surface area contributed by atoms with Crippen molar-refractivity contribution in [2.75, 3.05) is 0 Å². The van der Waals surface area contributed by atoms with Gasteiger partial charge in [-0.05, 0) is 36.4 Å². The Balaban J connectivity index is 2.12. The van der Waals surface area contributed by atoms with E-state index in [4.69, 9.17) is 5.11 Å². The number of nitrogens with zero attached hydrogens (tertiary/aromatic N) is 2. The fourth-order valence-corrected chi connectivity index (χ4v) is 2.46. The first-order valence-corrected chi connectivity index (χ1v) is 7.07. The Morgan fingerprint density at radius 3 is 2.45 bits per heavy atom. The summed E-state index contributed by atoms with van der Waals surface area (Å²) in [6.45, 7) is 0.0108. The van der Waals surface area contributed by atoms with E-state index in [-0.39, 0.29) is 17.0 Å². The van der Waals surface area contributed by atoms with E-state index in [0.717, 1.165) is 0 Å². The first-order valence-electron chi connectivity index (χ1n) is 5.58. The minimum absolute atomic E-state index is 0.00797. The summed E-state index contributed by atoms with van der Waals surface area (Å²) in [4.78, 5) is 10.7. The zero-order chi connectivity index (χ0) is 14.6. The molecule has 1 heterocycles. The Kier molecular flexibility index (Phi) is 4.06. The average molecular weight is 293 g/mol. The third-order valence-corrected chi connectivity index (χ3v) is 3.90. The third-order valence-electron chi connectivity index (χ3n) is 2.48. The summed E-state index contributed by atoms with van der Waals surface area (Å²) in [6, 6.07) is 8.24. The largest absolute Gasteiger partial charge is 0.478 e. The second-order valence-corrected chi connectivity index (χ2v) is 5.64. The van der Waals surface area contributed by atoms with Crippen LogP contribution in [0.1, 0.15) is 16.1 Å². The maximum absolute atomic E-state index is 12.0. The maximum Gasteiger partial charge on any atom is 0.335 e. The number of aromatic nitrogens is 2. The molecule has 0 saturated heterocycles. The van der Waals surface area contributed by atoms with Crippen molar-refractivity contribution in [1.82, 2.24) is 14.9 Å². The lowest BCUT2D eigenvalue weighted by atomic mass is 10.2. The predicted molar refractivity (Wildman–Crippen MR) is 69.5 cm³/mol. The summed E-state index contributed by atoms with van der Waals surface area (Å²) in [5.74, 6) is -1.11. The standard InChI is InChI=1S/C12H11N3O4S/c16-12(17)9-3-5-11(6-4-9)20(18,19)14-8-10-2-1-7-13-15-10/h1-7,14H,8H2,(H,16,17). The fourth-order valence-electron chi connectivity index (χ4n) is 1.46. The van der Waals surface area contributed by atoms with E-state index in [9.17, 15) is 13.2 Å². The van der Waals surface area contributed by atoms with Crippen LogP contribution in [0.5, 0.6) is 0 Å². The van der Waals surface area contributed by atoms with Gasteiger partial charge in [-0.1, -0.05) is 0 Å². The molecule has 0 unspecified atom stereocenters. The lowest BCUT2D eigenvalue weighted by Gasteiger charge is -2.06. The van der Waals surface area contributed by atoms with Gasteiger partial charge in [0.05, 0.1) is 22.7 Å². The zero-order valence-electron chi connectivity index (χ0n) is 10.2. The van der Waals surface area contributed by atoms with E-state index >= 15 is 0 Å². The van der Waals surface area contributed by atoms with Crippen LogP contribution in [-0.2, 0) is 16.6 Å². The predicted octanol–water partition coefficient (Wildman–Crippen LogP) is 0.653. The number of carboxylic acid groups (broad SMARTS) is 1. The molecule has 0 aliphatic heterocycles. The molecule has 2 rings (SSSR count). The van der Waals surface area contributed by atoms with Crippen molar-refractivity contribution in [2.45, 2.75) is 11.4 Å². The van der Waals surface area contributed by atoms with Crippen molar-refractivity contribution in [3.8, 4) is 0 Å². The van der Waals surface area contributed by atoms with Gasteiger partial charge >= 0.3 is 5.97 Å². The zero-order valence-corrected chi connectivity index (χ0v) is 11.0. The molecule has 20 heavy (non-hydrogen) atoms. The molecule has 0 atom stereocenters. The van der Waals surface area contributed by atoms with Gasteiger partial charge in [0, 0.05) is 6.20 Å². The van der Waals surface area contributed by atoms with Crippen LogP contribution in [0, 0.1) is 0 Å². The molecule has 0 fully saturated rings. The van der Waals surface area contributed by atoms with Gasteiger partial charge in [-0.25, -0.2) is 17.9 Å². The van der Waals surface area contributed by atoms with Crippen LogP contribution in [-0.4, -0.2) is 29.7 Å². The fraction of sp³-hybridized carbons (Fsp3) is 0.0833. The highest BCUT2D eigenvalue weighted by atomic mass is 32.2. The van der Waals surface area contributed by atoms with Crippen LogP contribution in [0.15, 0.2) is 47.5 Å². The Hall–Kier alpha value is -2.32. The van der Waals surface area contributed by atoms with E-state index < -0.39 is 16.0 Å². The highest BCUT2D eigenvalue weighted by Gasteiger charge is 2.14. The molecule has 1 aromatic carbocycles. The topological polar surface area (TPSA) is 109 Å². The monoisotopic (exact) mass is 293 g/mol. The van der Waals surface area contributed by atoms with Crippen molar-refractivity contribution in [1.29, 1.82) is 0 Å². The van der Waals surface area contributed by atoms with Crippen molar-refractivity contribution < 1.29 is 18.3 Å². The highest BCUT2D eigenvalue weighted by molar-refractivity contribution is 7.89.